The van der Waals surface area contributed by atoms with E-state index in [0.29, 0.717) is 6.26 Å². The Hall–Kier alpha value is -3.35. The van der Waals surface area contributed by atoms with Gasteiger partial charge >= 0.3 is 16.2 Å². The van der Waals surface area contributed by atoms with Crippen molar-refractivity contribution in [2.75, 3.05) is 19.3 Å². The summed E-state index contributed by atoms with van der Waals surface area (Å²) in [7, 11) is -4.05. The number of ether oxygens (including phenoxy) is 1. The van der Waals surface area contributed by atoms with Crippen molar-refractivity contribution in [3.8, 4) is 0 Å². The van der Waals surface area contributed by atoms with Gasteiger partial charge in [-0.05, 0) is 23.8 Å². The molecule has 33 heavy (non-hydrogen) atoms. The molecule has 1 heterocycles. The zero-order chi connectivity index (χ0) is 24.4. The Morgan fingerprint density at radius 2 is 2.12 bits per heavy atom. The van der Waals surface area contributed by atoms with Gasteiger partial charge in [0.1, 0.15) is 29.1 Å². The maximum absolute atomic E-state index is 15.2. The molecule has 1 N–H and O–H groups in total. The Kier molecular flexibility index (Phi) is 6.81. The predicted molar refractivity (Wildman–Crippen MR) is 111 cm³/mol. The first-order valence-electron chi connectivity index (χ1n) is 9.59. The van der Waals surface area contributed by atoms with Crippen LogP contribution in [0.5, 0.6) is 0 Å². The Morgan fingerprint density at radius 1 is 1.39 bits per heavy atom. The number of halogens is 3. The van der Waals surface area contributed by atoms with Crippen molar-refractivity contribution in [2.24, 2.45) is 5.16 Å². The van der Waals surface area contributed by atoms with Crippen LogP contribution < -0.4 is 5.32 Å². The van der Waals surface area contributed by atoms with Crippen LogP contribution in [-0.2, 0) is 23.9 Å². The average Bonchev–Trinajstić information content (AvgIpc) is 3.06. The first kappa shape index (κ1) is 24.3. The van der Waals surface area contributed by atoms with Gasteiger partial charge in [0.2, 0.25) is 5.91 Å². The molecule has 2 amide bonds. The fraction of sp³-hybridized carbons (Fsp3) is 0.350. The molecule has 1 aromatic rings. The molecule has 1 fully saturated rings. The average molecular weight is 487 g/mol. The minimum atomic E-state index is -4.05. The van der Waals surface area contributed by atoms with Crippen LogP contribution in [0.25, 0.3) is 5.57 Å². The Labute approximate surface area is 187 Å². The second-order valence-electron chi connectivity index (χ2n) is 7.52. The minimum absolute atomic E-state index is 0.0519. The highest BCUT2D eigenvalue weighted by Gasteiger charge is 2.48. The summed E-state index contributed by atoms with van der Waals surface area (Å²) in [5.41, 5.74) is -2.51. The fourth-order valence-electron chi connectivity index (χ4n) is 3.49. The maximum Gasteiger partial charge on any atom is 0.411 e. The Balaban J connectivity index is 1.99. The normalized spacial score (nSPS) is 23.5. The molecule has 2 aliphatic rings. The summed E-state index contributed by atoms with van der Waals surface area (Å²) in [6.07, 6.45) is -0.127. The summed E-state index contributed by atoms with van der Waals surface area (Å²) in [6.45, 7) is 1.01. The smallest absolute Gasteiger partial charge is 0.411 e. The highest BCUT2D eigenvalue weighted by Crippen LogP contribution is 2.42. The maximum atomic E-state index is 15.2. The van der Waals surface area contributed by atoms with Crippen molar-refractivity contribution in [2.45, 2.75) is 25.0 Å². The molecule has 0 spiro atoms. The number of oxime groups is 1. The number of hydrogen-bond donors (Lipinski definition) is 1. The first-order valence-corrected chi connectivity index (χ1v) is 11.4. The molecule has 9 nitrogen and oxygen atoms in total. The molecule has 3 rings (SSSR count). The number of hydrogen-bond acceptors (Lipinski definition) is 7. The SMILES string of the molecule is CC(=O)NC[C@H]1CN(C2(/C=N/OS(C)(=O)=O)C=C(F)C(c3cccc(F)c3)=C(F)C2)C(=O)O1. The summed E-state index contributed by atoms with van der Waals surface area (Å²) in [5.74, 6) is -3.25. The number of nitrogens with zero attached hydrogens (tertiary/aromatic N) is 2. The van der Waals surface area contributed by atoms with Gasteiger partial charge in [0, 0.05) is 18.9 Å². The van der Waals surface area contributed by atoms with Crippen LogP contribution in [0.15, 0.2) is 47.2 Å². The second-order valence-corrected chi connectivity index (χ2v) is 9.07. The quantitative estimate of drug-likeness (QED) is 0.467. The van der Waals surface area contributed by atoms with Gasteiger partial charge in [0.25, 0.3) is 0 Å². The van der Waals surface area contributed by atoms with Crippen LogP contribution >= 0.6 is 0 Å². The number of carbonyl (C=O) groups is 2. The van der Waals surface area contributed by atoms with E-state index in [1.165, 1.54) is 19.1 Å². The molecular weight excluding hydrogens is 467 g/mol. The lowest BCUT2D eigenvalue weighted by Gasteiger charge is -2.36. The van der Waals surface area contributed by atoms with Gasteiger partial charge in [-0.3, -0.25) is 14.0 Å². The van der Waals surface area contributed by atoms with E-state index in [2.05, 4.69) is 14.8 Å². The molecule has 178 valence electrons. The molecule has 0 bridgehead atoms. The largest absolute Gasteiger partial charge is 0.442 e. The number of benzene rings is 1. The van der Waals surface area contributed by atoms with Gasteiger partial charge in [0.15, 0.2) is 0 Å². The number of allylic oxidation sites excluding steroid dienone is 2. The lowest BCUT2D eigenvalue weighted by molar-refractivity contribution is -0.119. The third-order valence-electron chi connectivity index (χ3n) is 4.85. The molecule has 1 aliphatic heterocycles. The van der Waals surface area contributed by atoms with Crippen molar-refractivity contribution < 1.29 is 40.2 Å². The molecule has 13 heteroatoms. The summed E-state index contributed by atoms with van der Waals surface area (Å²) in [5, 5.41) is 5.77. The Bertz CT molecular complexity index is 1170. The topological polar surface area (TPSA) is 114 Å². The lowest BCUT2D eigenvalue weighted by atomic mass is 9.84. The third-order valence-corrected chi connectivity index (χ3v) is 5.21. The van der Waals surface area contributed by atoms with Gasteiger partial charge in [-0.15, -0.1) is 0 Å². The summed E-state index contributed by atoms with van der Waals surface area (Å²) >= 11 is 0. The molecule has 1 saturated heterocycles. The first-order chi connectivity index (χ1) is 15.4. The van der Waals surface area contributed by atoms with E-state index in [-0.39, 0.29) is 24.6 Å². The summed E-state index contributed by atoms with van der Waals surface area (Å²) < 4.78 is 76.0. The van der Waals surface area contributed by atoms with Gasteiger partial charge in [-0.1, -0.05) is 17.3 Å². The van der Waals surface area contributed by atoms with Crippen molar-refractivity contribution >= 4 is 33.9 Å². The zero-order valence-corrected chi connectivity index (χ0v) is 18.4. The van der Waals surface area contributed by atoms with Crippen LogP contribution in [0.1, 0.15) is 18.9 Å². The van der Waals surface area contributed by atoms with Crippen molar-refractivity contribution in [3.05, 3.63) is 53.4 Å². The zero-order valence-electron chi connectivity index (χ0n) is 17.5. The fourth-order valence-corrected chi connectivity index (χ4v) is 3.69. The third kappa shape index (κ3) is 5.72. The molecular formula is C20H20F3N3O6S. The van der Waals surface area contributed by atoms with Crippen molar-refractivity contribution in [1.82, 2.24) is 10.2 Å². The van der Waals surface area contributed by atoms with E-state index < -0.39 is 57.3 Å². The van der Waals surface area contributed by atoms with E-state index in [0.717, 1.165) is 29.3 Å². The molecule has 0 saturated carbocycles. The van der Waals surface area contributed by atoms with Gasteiger partial charge in [-0.25, -0.2) is 18.0 Å². The van der Waals surface area contributed by atoms with E-state index in [9.17, 15) is 22.4 Å². The highest BCUT2D eigenvalue weighted by molar-refractivity contribution is 7.85. The van der Waals surface area contributed by atoms with Gasteiger partial charge in [-0.2, -0.15) is 8.42 Å². The van der Waals surface area contributed by atoms with Crippen LogP contribution in [0, 0.1) is 5.82 Å². The number of amides is 2. The molecule has 2 atom stereocenters. The highest BCUT2D eigenvalue weighted by atomic mass is 32.2. The number of nitrogens with one attached hydrogen (secondary N) is 1. The van der Waals surface area contributed by atoms with Gasteiger partial charge in [0.05, 0.1) is 25.6 Å². The van der Waals surface area contributed by atoms with Crippen LogP contribution in [0.3, 0.4) is 0 Å². The van der Waals surface area contributed by atoms with Crippen LogP contribution in [-0.4, -0.2) is 62.5 Å². The summed E-state index contributed by atoms with van der Waals surface area (Å²) in [4.78, 5) is 24.6. The Morgan fingerprint density at radius 3 is 2.73 bits per heavy atom. The molecule has 1 unspecified atom stereocenters. The van der Waals surface area contributed by atoms with E-state index in [1.54, 1.807) is 0 Å². The summed E-state index contributed by atoms with van der Waals surface area (Å²) in [6, 6.07) is 4.66. The lowest BCUT2D eigenvalue weighted by Crippen LogP contribution is -2.51. The molecule has 0 radical (unpaired) electrons. The standard InChI is InChI=1S/C20H20F3N3O6S/c1-12(27)24-9-15-10-26(19(28)31-15)20(11-25-32-33(2,29)30)7-16(22)18(17(23)8-20)13-4-3-5-14(21)6-13/h3-7,11,15H,8-10H2,1-2H3,(H,24,27)/b25-11+/t15-,20?/m0/s1. The number of rotatable bonds is 7. The number of cyclic esters (lactones) is 1. The molecule has 1 aromatic carbocycles. The van der Waals surface area contributed by atoms with Gasteiger partial charge < -0.3 is 10.1 Å². The predicted octanol–water partition coefficient (Wildman–Crippen LogP) is 2.42. The van der Waals surface area contributed by atoms with Crippen LogP contribution in [0.2, 0.25) is 0 Å². The number of carbonyl (C=O) groups excluding carboxylic acids is 2. The van der Waals surface area contributed by atoms with E-state index in [1.807, 2.05) is 0 Å². The second kappa shape index (κ2) is 9.25. The van der Waals surface area contributed by atoms with Crippen LogP contribution in [0.4, 0.5) is 18.0 Å². The molecule has 0 aromatic heterocycles. The van der Waals surface area contributed by atoms with Crippen molar-refractivity contribution in [3.63, 3.8) is 0 Å². The minimum Gasteiger partial charge on any atom is -0.442 e. The van der Waals surface area contributed by atoms with E-state index >= 15 is 8.78 Å². The van der Waals surface area contributed by atoms with E-state index in [4.69, 9.17) is 4.74 Å². The monoisotopic (exact) mass is 487 g/mol. The van der Waals surface area contributed by atoms with Crippen molar-refractivity contribution in [1.29, 1.82) is 0 Å². The molecule has 1 aliphatic carbocycles.